The van der Waals surface area contributed by atoms with E-state index in [4.69, 9.17) is 4.74 Å². The molecular formula is C24H29F3N4O2. The van der Waals surface area contributed by atoms with Gasteiger partial charge in [0.1, 0.15) is 5.75 Å². The SMILES string of the molecule is CC(C)[C@]1(C(=O)N2COc3ccc(C(F)(F)F)cc3C2)CC[C@@H](N2CCc3[nH]ncc3C2)C1. The van der Waals surface area contributed by atoms with Gasteiger partial charge >= 0.3 is 6.18 Å². The highest BCUT2D eigenvalue weighted by molar-refractivity contribution is 5.83. The normalized spacial score (nSPS) is 25.6. The fraction of sp³-hybridized carbons (Fsp3) is 0.583. The summed E-state index contributed by atoms with van der Waals surface area (Å²) in [5, 5.41) is 7.22. The Kier molecular flexibility index (Phi) is 5.42. The number of hydrogen-bond donors (Lipinski definition) is 1. The minimum absolute atomic E-state index is 0.0101. The number of carbonyl (C=O) groups is 1. The fourth-order valence-electron chi connectivity index (χ4n) is 5.75. The van der Waals surface area contributed by atoms with Gasteiger partial charge in [0, 0.05) is 42.4 Å². The Morgan fingerprint density at radius 3 is 2.85 bits per heavy atom. The molecule has 178 valence electrons. The minimum Gasteiger partial charge on any atom is -0.473 e. The van der Waals surface area contributed by atoms with E-state index in [1.807, 2.05) is 6.20 Å². The number of amides is 1. The summed E-state index contributed by atoms with van der Waals surface area (Å²) in [4.78, 5) is 17.9. The Labute approximate surface area is 191 Å². The van der Waals surface area contributed by atoms with Crippen LogP contribution in [0.25, 0.3) is 0 Å². The van der Waals surface area contributed by atoms with Crippen LogP contribution in [0, 0.1) is 11.3 Å². The van der Waals surface area contributed by atoms with Crippen LogP contribution in [-0.4, -0.2) is 45.2 Å². The van der Waals surface area contributed by atoms with Crippen LogP contribution in [0.15, 0.2) is 24.4 Å². The number of halogens is 3. The van der Waals surface area contributed by atoms with Crippen molar-refractivity contribution < 1.29 is 22.7 Å². The van der Waals surface area contributed by atoms with Gasteiger partial charge in [-0.1, -0.05) is 13.8 Å². The summed E-state index contributed by atoms with van der Waals surface area (Å²) in [6, 6.07) is 3.78. The van der Waals surface area contributed by atoms with E-state index < -0.39 is 17.2 Å². The smallest absolute Gasteiger partial charge is 0.416 e. The quantitative estimate of drug-likeness (QED) is 0.736. The Balaban J connectivity index is 1.34. The third kappa shape index (κ3) is 3.90. The molecule has 6 nitrogen and oxygen atoms in total. The maximum absolute atomic E-state index is 13.8. The number of aromatic nitrogens is 2. The van der Waals surface area contributed by atoms with Gasteiger partial charge in [0.15, 0.2) is 6.73 Å². The first kappa shape index (κ1) is 22.3. The molecule has 2 aromatic rings. The molecule has 1 N–H and O–H groups in total. The Morgan fingerprint density at radius 1 is 1.27 bits per heavy atom. The number of nitrogens with zero attached hydrogens (tertiary/aromatic N) is 3. The van der Waals surface area contributed by atoms with E-state index in [2.05, 4.69) is 28.9 Å². The van der Waals surface area contributed by atoms with Crippen LogP contribution in [-0.2, 0) is 30.5 Å². The van der Waals surface area contributed by atoms with E-state index in [-0.39, 0.29) is 25.1 Å². The zero-order chi connectivity index (χ0) is 23.4. The van der Waals surface area contributed by atoms with E-state index in [1.165, 1.54) is 17.3 Å². The van der Waals surface area contributed by atoms with Crippen LogP contribution >= 0.6 is 0 Å². The van der Waals surface area contributed by atoms with Gasteiger partial charge in [0.25, 0.3) is 0 Å². The number of benzene rings is 1. The molecule has 1 aromatic heterocycles. The minimum atomic E-state index is -4.43. The van der Waals surface area contributed by atoms with Crippen molar-refractivity contribution in [3.05, 3.63) is 46.8 Å². The molecule has 9 heteroatoms. The van der Waals surface area contributed by atoms with Crippen LogP contribution in [0.2, 0.25) is 0 Å². The highest BCUT2D eigenvalue weighted by Crippen LogP contribution is 2.48. The lowest BCUT2D eigenvalue weighted by Crippen LogP contribution is -2.49. The number of aromatic amines is 1. The summed E-state index contributed by atoms with van der Waals surface area (Å²) in [5.74, 6) is 0.524. The maximum Gasteiger partial charge on any atom is 0.416 e. The zero-order valence-electron chi connectivity index (χ0n) is 18.9. The Bertz CT molecular complexity index is 1050. The summed E-state index contributed by atoms with van der Waals surface area (Å²) < 4.78 is 45.3. The van der Waals surface area contributed by atoms with Gasteiger partial charge < -0.3 is 9.64 Å². The number of ether oxygens (including phenoxy) is 1. The van der Waals surface area contributed by atoms with Crippen molar-refractivity contribution in [3.8, 4) is 5.75 Å². The summed E-state index contributed by atoms with van der Waals surface area (Å²) in [6.45, 7) is 6.12. The fourth-order valence-corrected chi connectivity index (χ4v) is 5.75. The molecule has 0 saturated heterocycles. The predicted octanol–water partition coefficient (Wildman–Crippen LogP) is 4.36. The number of hydrogen-bond acceptors (Lipinski definition) is 4. The van der Waals surface area contributed by atoms with E-state index >= 15 is 0 Å². The third-order valence-electron chi connectivity index (χ3n) is 7.81. The Morgan fingerprint density at radius 2 is 2.09 bits per heavy atom. The molecule has 5 rings (SSSR count). The third-order valence-corrected chi connectivity index (χ3v) is 7.81. The van der Waals surface area contributed by atoms with Crippen molar-refractivity contribution in [2.45, 2.75) is 64.8 Å². The number of rotatable bonds is 3. The second-order valence-electron chi connectivity index (χ2n) is 9.90. The maximum atomic E-state index is 13.8. The Hall–Kier alpha value is -2.55. The van der Waals surface area contributed by atoms with Crippen molar-refractivity contribution in [1.29, 1.82) is 0 Å². The lowest BCUT2D eigenvalue weighted by Gasteiger charge is -2.40. The molecule has 1 saturated carbocycles. The first-order chi connectivity index (χ1) is 15.7. The molecule has 0 unspecified atom stereocenters. The molecule has 33 heavy (non-hydrogen) atoms. The van der Waals surface area contributed by atoms with Crippen LogP contribution in [0.4, 0.5) is 13.2 Å². The van der Waals surface area contributed by atoms with Gasteiger partial charge in [-0.15, -0.1) is 0 Å². The van der Waals surface area contributed by atoms with Gasteiger partial charge in [-0.05, 0) is 43.4 Å². The summed E-state index contributed by atoms with van der Waals surface area (Å²) in [6.07, 6.45) is 0.836. The molecule has 2 aliphatic heterocycles. The van der Waals surface area contributed by atoms with Gasteiger partial charge in [-0.25, -0.2) is 0 Å². The van der Waals surface area contributed by atoms with Crippen molar-refractivity contribution in [2.24, 2.45) is 11.3 Å². The molecule has 1 amide bonds. The number of alkyl halides is 3. The van der Waals surface area contributed by atoms with Crippen LogP contribution < -0.4 is 4.74 Å². The van der Waals surface area contributed by atoms with Crippen molar-refractivity contribution in [3.63, 3.8) is 0 Å². The van der Waals surface area contributed by atoms with E-state index in [9.17, 15) is 18.0 Å². The van der Waals surface area contributed by atoms with Crippen molar-refractivity contribution >= 4 is 5.91 Å². The molecular weight excluding hydrogens is 433 g/mol. The average Bonchev–Trinajstić information content (AvgIpc) is 3.44. The molecule has 3 aliphatic rings. The number of H-pyrrole nitrogens is 1. The lowest BCUT2D eigenvalue weighted by molar-refractivity contribution is -0.150. The number of fused-ring (bicyclic) bond motifs is 2. The molecule has 3 heterocycles. The standard InChI is InChI=1S/C24H29F3N4O2/c1-15(2)23(7-5-19(10-23)30-8-6-20-17(13-30)11-28-29-20)22(32)31-12-16-9-18(24(25,26)27)3-4-21(16)33-14-31/h3-4,9,11,15,19H,5-8,10,12-14H2,1-2H3,(H,28,29)/t19-,23+/m1/s1. The molecule has 0 bridgehead atoms. The molecule has 1 fully saturated rings. The molecule has 1 aliphatic carbocycles. The van der Waals surface area contributed by atoms with Gasteiger partial charge in [0.2, 0.25) is 5.91 Å². The van der Waals surface area contributed by atoms with E-state index in [1.54, 1.807) is 4.90 Å². The number of nitrogens with one attached hydrogen (secondary N) is 1. The van der Waals surface area contributed by atoms with Gasteiger partial charge in [0.05, 0.1) is 23.7 Å². The summed E-state index contributed by atoms with van der Waals surface area (Å²) in [5.41, 5.74) is 1.56. The first-order valence-electron chi connectivity index (χ1n) is 11.5. The average molecular weight is 463 g/mol. The van der Waals surface area contributed by atoms with Gasteiger partial charge in [-0.3, -0.25) is 14.8 Å². The molecule has 2 atom stereocenters. The monoisotopic (exact) mass is 462 g/mol. The first-order valence-corrected chi connectivity index (χ1v) is 11.5. The highest BCUT2D eigenvalue weighted by atomic mass is 19.4. The molecule has 0 radical (unpaired) electrons. The van der Waals surface area contributed by atoms with Crippen molar-refractivity contribution in [2.75, 3.05) is 13.3 Å². The molecule has 1 aromatic carbocycles. The van der Waals surface area contributed by atoms with E-state index in [0.29, 0.717) is 17.4 Å². The highest BCUT2D eigenvalue weighted by Gasteiger charge is 2.51. The zero-order valence-corrected chi connectivity index (χ0v) is 18.9. The van der Waals surface area contributed by atoms with Crippen LogP contribution in [0.3, 0.4) is 0 Å². The summed E-state index contributed by atoms with van der Waals surface area (Å²) in [7, 11) is 0. The van der Waals surface area contributed by atoms with Crippen molar-refractivity contribution in [1.82, 2.24) is 20.0 Å². The van der Waals surface area contributed by atoms with Crippen LogP contribution in [0.5, 0.6) is 5.75 Å². The lowest BCUT2D eigenvalue weighted by atomic mass is 9.74. The number of carbonyl (C=O) groups excluding carboxylic acids is 1. The van der Waals surface area contributed by atoms with Gasteiger partial charge in [-0.2, -0.15) is 18.3 Å². The largest absolute Gasteiger partial charge is 0.473 e. The molecule has 0 spiro atoms. The van der Waals surface area contributed by atoms with E-state index in [0.717, 1.165) is 50.9 Å². The predicted molar refractivity (Wildman–Crippen MR) is 115 cm³/mol. The second kappa shape index (κ2) is 8.04. The van der Waals surface area contributed by atoms with Crippen LogP contribution in [0.1, 0.15) is 55.5 Å². The second-order valence-corrected chi connectivity index (χ2v) is 9.90. The topological polar surface area (TPSA) is 61.5 Å². The summed E-state index contributed by atoms with van der Waals surface area (Å²) >= 11 is 0.